The maximum absolute atomic E-state index is 5.95. The normalized spacial score (nSPS) is 11.1. The summed E-state index contributed by atoms with van der Waals surface area (Å²) in [7, 11) is 2.00. The van der Waals surface area contributed by atoms with Crippen molar-refractivity contribution in [2.24, 2.45) is 4.99 Å². The van der Waals surface area contributed by atoms with Crippen molar-refractivity contribution in [3.63, 3.8) is 0 Å². The van der Waals surface area contributed by atoms with Gasteiger partial charge in [-0.1, -0.05) is 16.8 Å². The summed E-state index contributed by atoms with van der Waals surface area (Å²) >= 11 is 7.53. The first-order chi connectivity index (χ1) is 9.69. The average molecular weight is 441 g/mol. The van der Waals surface area contributed by atoms with Crippen LogP contribution < -0.4 is 5.32 Å². The Bertz CT molecular complexity index is 558. The minimum atomic E-state index is 0. The van der Waals surface area contributed by atoms with E-state index < -0.39 is 0 Å². The summed E-state index contributed by atoms with van der Waals surface area (Å²) in [5, 5.41) is 7.11. The fraction of sp³-hybridized carbons (Fsp3) is 0.385. The third-order valence-corrected chi connectivity index (χ3v) is 3.82. The highest BCUT2D eigenvalue weighted by atomic mass is 127. The zero-order valence-electron chi connectivity index (χ0n) is 11.9. The highest BCUT2D eigenvalue weighted by molar-refractivity contribution is 14.0. The molecule has 0 aliphatic carbocycles. The standard InChI is InChI=1S/C13H17ClN4OS.HI/c1-3-15-13(16-8-10-6-7-19-17-10)18(2)9-11-4-5-12(14)20-11;/h4-7H,3,8-9H2,1-2H3,(H,15,16);1H. The van der Waals surface area contributed by atoms with Crippen LogP contribution in [0.3, 0.4) is 0 Å². The van der Waals surface area contributed by atoms with Crippen molar-refractivity contribution in [2.75, 3.05) is 13.6 Å². The van der Waals surface area contributed by atoms with E-state index in [4.69, 9.17) is 16.1 Å². The summed E-state index contributed by atoms with van der Waals surface area (Å²) in [4.78, 5) is 7.80. The van der Waals surface area contributed by atoms with Gasteiger partial charge in [-0.05, 0) is 19.1 Å². The van der Waals surface area contributed by atoms with Crippen molar-refractivity contribution in [3.05, 3.63) is 39.4 Å². The first-order valence-electron chi connectivity index (χ1n) is 6.32. The van der Waals surface area contributed by atoms with E-state index in [1.807, 2.05) is 32.2 Å². The zero-order valence-corrected chi connectivity index (χ0v) is 15.8. The molecule has 0 unspecified atom stereocenters. The molecule has 0 fully saturated rings. The molecule has 2 aromatic heterocycles. The van der Waals surface area contributed by atoms with E-state index in [0.29, 0.717) is 6.54 Å². The van der Waals surface area contributed by atoms with E-state index in [0.717, 1.165) is 29.1 Å². The molecule has 5 nitrogen and oxygen atoms in total. The molecule has 116 valence electrons. The van der Waals surface area contributed by atoms with Crippen LogP contribution >= 0.6 is 46.9 Å². The van der Waals surface area contributed by atoms with Crippen molar-refractivity contribution >= 4 is 52.9 Å². The molecule has 0 radical (unpaired) electrons. The fourth-order valence-electron chi connectivity index (χ4n) is 1.69. The summed E-state index contributed by atoms with van der Waals surface area (Å²) in [6.45, 7) is 4.12. The van der Waals surface area contributed by atoms with Crippen molar-refractivity contribution < 1.29 is 4.52 Å². The summed E-state index contributed by atoms with van der Waals surface area (Å²) in [5.74, 6) is 0.833. The summed E-state index contributed by atoms with van der Waals surface area (Å²) in [6, 6.07) is 5.76. The van der Waals surface area contributed by atoms with Gasteiger partial charge in [-0.3, -0.25) is 0 Å². The number of thiophene rings is 1. The molecular weight excluding hydrogens is 423 g/mol. The van der Waals surface area contributed by atoms with Gasteiger partial charge in [-0.15, -0.1) is 35.3 Å². The second-order valence-electron chi connectivity index (χ2n) is 4.22. The van der Waals surface area contributed by atoms with Gasteiger partial charge in [-0.2, -0.15) is 0 Å². The van der Waals surface area contributed by atoms with Crippen LogP contribution in [0.1, 0.15) is 17.5 Å². The van der Waals surface area contributed by atoms with Gasteiger partial charge in [0, 0.05) is 24.5 Å². The Labute approximate surface area is 150 Å². The number of nitrogens with one attached hydrogen (secondary N) is 1. The molecule has 2 aromatic rings. The quantitative estimate of drug-likeness (QED) is 0.438. The molecule has 0 aliphatic rings. The van der Waals surface area contributed by atoms with Gasteiger partial charge in [0.1, 0.15) is 12.0 Å². The third kappa shape index (κ3) is 5.84. The largest absolute Gasteiger partial charge is 0.364 e. The van der Waals surface area contributed by atoms with Crippen molar-refractivity contribution in [3.8, 4) is 0 Å². The highest BCUT2D eigenvalue weighted by Gasteiger charge is 2.08. The van der Waals surface area contributed by atoms with Gasteiger partial charge in [0.2, 0.25) is 0 Å². The van der Waals surface area contributed by atoms with E-state index in [-0.39, 0.29) is 24.0 Å². The maximum atomic E-state index is 5.95. The molecule has 8 heteroatoms. The molecule has 0 spiro atoms. The van der Waals surface area contributed by atoms with Crippen LogP contribution in [0.15, 0.2) is 34.0 Å². The number of aromatic nitrogens is 1. The number of halogens is 2. The minimum absolute atomic E-state index is 0. The Balaban J connectivity index is 0.00000220. The van der Waals surface area contributed by atoms with Crippen molar-refractivity contribution in [1.82, 2.24) is 15.4 Å². The van der Waals surface area contributed by atoms with Crippen LogP contribution in [0.25, 0.3) is 0 Å². The molecule has 2 heterocycles. The van der Waals surface area contributed by atoms with E-state index in [1.54, 1.807) is 17.6 Å². The number of hydrogen-bond donors (Lipinski definition) is 1. The third-order valence-electron chi connectivity index (χ3n) is 2.60. The molecule has 0 aliphatic heterocycles. The molecule has 0 aromatic carbocycles. The van der Waals surface area contributed by atoms with E-state index >= 15 is 0 Å². The van der Waals surface area contributed by atoms with Gasteiger partial charge in [-0.25, -0.2) is 4.99 Å². The highest BCUT2D eigenvalue weighted by Crippen LogP contribution is 2.22. The topological polar surface area (TPSA) is 53.7 Å². The predicted octanol–water partition coefficient (Wildman–Crippen LogP) is 3.61. The predicted molar refractivity (Wildman–Crippen MR) is 97.5 cm³/mol. The zero-order chi connectivity index (χ0) is 14.4. The number of hydrogen-bond acceptors (Lipinski definition) is 4. The lowest BCUT2D eigenvalue weighted by molar-refractivity contribution is 0.411. The number of rotatable bonds is 5. The first kappa shape index (κ1) is 18.2. The molecule has 2 rings (SSSR count). The Kier molecular flexibility index (Phi) is 8.05. The van der Waals surface area contributed by atoms with Crippen LogP contribution in [-0.2, 0) is 13.1 Å². The summed E-state index contributed by atoms with van der Waals surface area (Å²) in [6.07, 6.45) is 1.55. The van der Waals surface area contributed by atoms with Crippen LogP contribution in [0.4, 0.5) is 0 Å². The van der Waals surface area contributed by atoms with E-state index in [1.165, 1.54) is 4.88 Å². The lowest BCUT2D eigenvalue weighted by Gasteiger charge is -2.21. The number of guanidine groups is 1. The smallest absolute Gasteiger partial charge is 0.194 e. The average Bonchev–Trinajstić information content (AvgIpc) is 3.06. The van der Waals surface area contributed by atoms with Crippen LogP contribution in [0.5, 0.6) is 0 Å². The van der Waals surface area contributed by atoms with Gasteiger partial charge in [0.15, 0.2) is 5.96 Å². The molecule has 0 saturated carbocycles. The SMILES string of the molecule is CCNC(=NCc1ccon1)N(C)Cc1ccc(Cl)s1.I. The molecular formula is C13H18ClIN4OS. The molecule has 0 bridgehead atoms. The second kappa shape index (κ2) is 9.26. The van der Waals surface area contributed by atoms with Gasteiger partial charge >= 0.3 is 0 Å². The fourth-order valence-corrected chi connectivity index (χ4v) is 2.83. The van der Waals surface area contributed by atoms with Crippen LogP contribution in [0, 0.1) is 0 Å². The second-order valence-corrected chi connectivity index (χ2v) is 6.02. The van der Waals surface area contributed by atoms with Crippen LogP contribution in [0.2, 0.25) is 4.34 Å². The Morgan fingerprint density at radius 3 is 2.86 bits per heavy atom. The molecule has 0 saturated heterocycles. The lowest BCUT2D eigenvalue weighted by Crippen LogP contribution is -2.38. The van der Waals surface area contributed by atoms with Crippen LogP contribution in [-0.4, -0.2) is 29.6 Å². The van der Waals surface area contributed by atoms with Gasteiger partial charge in [0.25, 0.3) is 0 Å². The van der Waals surface area contributed by atoms with E-state index in [9.17, 15) is 0 Å². The number of aliphatic imine (C=N–C) groups is 1. The van der Waals surface area contributed by atoms with Gasteiger partial charge in [0.05, 0.1) is 17.4 Å². The monoisotopic (exact) mass is 440 g/mol. The van der Waals surface area contributed by atoms with Crippen molar-refractivity contribution in [2.45, 2.75) is 20.0 Å². The molecule has 1 N–H and O–H groups in total. The Morgan fingerprint density at radius 2 is 2.29 bits per heavy atom. The minimum Gasteiger partial charge on any atom is -0.364 e. The van der Waals surface area contributed by atoms with E-state index in [2.05, 4.69) is 20.4 Å². The molecule has 0 atom stereocenters. The van der Waals surface area contributed by atoms with Crippen molar-refractivity contribution in [1.29, 1.82) is 0 Å². The summed E-state index contributed by atoms with van der Waals surface area (Å²) < 4.78 is 5.60. The number of nitrogens with zero attached hydrogens (tertiary/aromatic N) is 3. The first-order valence-corrected chi connectivity index (χ1v) is 7.51. The Morgan fingerprint density at radius 1 is 1.48 bits per heavy atom. The lowest BCUT2D eigenvalue weighted by atomic mass is 10.4. The molecule has 0 amide bonds. The molecule has 21 heavy (non-hydrogen) atoms. The Hall–Kier alpha value is -0.800. The maximum Gasteiger partial charge on any atom is 0.194 e. The van der Waals surface area contributed by atoms with Gasteiger partial charge < -0.3 is 14.7 Å². The summed E-state index contributed by atoms with van der Waals surface area (Å²) in [5.41, 5.74) is 0.813.